The first-order valence-electron chi connectivity index (χ1n) is 9.07. The summed E-state index contributed by atoms with van der Waals surface area (Å²) in [6.45, 7) is 15.2. The number of carbonyl (C=O) groups is 2. The molecule has 4 nitrogen and oxygen atoms in total. The number of Topliss-reactive ketones (excluding diaryl/α,β-unsaturated/α-hetero) is 2. The lowest BCUT2D eigenvalue weighted by atomic mass is 9.82. The lowest BCUT2D eigenvalue weighted by Gasteiger charge is -2.28. The van der Waals surface area contributed by atoms with E-state index in [1.807, 2.05) is 19.9 Å². The number of aliphatic hydroxyl groups is 1. The van der Waals surface area contributed by atoms with Gasteiger partial charge in [0.1, 0.15) is 0 Å². The number of rotatable bonds is 8. The van der Waals surface area contributed by atoms with Gasteiger partial charge in [0.15, 0.2) is 11.6 Å². The number of hydrogen-bond acceptors (Lipinski definition) is 4. The maximum Gasteiger partial charge on any atom is 0.194 e. The molecule has 0 atom stereocenters. The molecular formula is C23H28O4. The highest BCUT2D eigenvalue weighted by atomic mass is 16.5. The quantitative estimate of drug-likeness (QED) is 0.746. The van der Waals surface area contributed by atoms with E-state index < -0.39 is 11.2 Å². The predicted molar refractivity (Wildman–Crippen MR) is 107 cm³/mol. The van der Waals surface area contributed by atoms with Crippen LogP contribution in [0.15, 0.2) is 54.7 Å². The molecule has 0 saturated carbocycles. The summed E-state index contributed by atoms with van der Waals surface area (Å²) in [5, 5.41) is 9.81. The van der Waals surface area contributed by atoms with Crippen molar-refractivity contribution in [1.29, 1.82) is 0 Å². The summed E-state index contributed by atoms with van der Waals surface area (Å²) in [7, 11) is 0. The first-order valence-corrected chi connectivity index (χ1v) is 9.07. The van der Waals surface area contributed by atoms with Gasteiger partial charge in [0, 0.05) is 28.7 Å². The maximum absolute atomic E-state index is 12.8. The Kier molecular flexibility index (Phi) is 6.03. The van der Waals surface area contributed by atoms with Crippen LogP contribution in [0.2, 0.25) is 0 Å². The van der Waals surface area contributed by atoms with Gasteiger partial charge < -0.3 is 9.84 Å². The van der Waals surface area contributed by atoms with Crippen LogP contribution in [0.1, 0.15) is 60.4 Å². The third-order valence-electron chi connectivity index (χ3n) is 4.60. The summed E-state index contributed by atoms with van der Waals surface area (Å²) in [6, 6.07) is 5.31. The molecule has 0 unspecified atom stereocenters. The van der Waals surface area contributed by atoms with Crippen LogP contribution in [0.25, 0.3) is 0 Å². The van der Waals surface area contributed by atoms with Gasteiger partial charge in [-0.2, -0.15) is 0 Å². The highest BCUT2D eigenvalue weighted by Crippen LogP contribution is 2.29. The van der Waals surface area contributed by atoms with E-state index in [1.54, 1.807) is 26.0 Å². The molecule has 1 aliphatic carbocycles. The highest BCUT2D eigenvalue weighted by molar-refractivity contribution is 6.28. The van der Waals surface area contributed by atoms with Gasteiger partial charge in [-0.05, 0) is 45.7 Å². The van der Waals surface area contributed by atoms with E-state index in [1.165, 1.54) is 12.2 Å². The summed E-state index contributed by atoms with van der Waals surface area (Å²) in [6.07, 6.45) is 3.94. The fourth-order valence-electron chi connectivity index (χ4n) is 3.15. The van der Waals surface area contributed by atoms with Crippen molar-refractivity contribution >= 4 is 11.6 Å². The second-order valence-corrected chi connectivity index (χ2v) is 8.12. The van der Waals surface area contributed by atoms with Gasteiger partial charge in [0.25, 0.3) is 0 Å². The molecule has 4 heteroatoms. The Balaban J connectivity index is 2.24. The number of ketones is 2. The first-order chi connectivity index (χ1) is 12.5. The largest absolute Gasteiger partial charge is 0.390 e. The fourth-order valence-corrected chi connectivity index (χ4v) is 3.15. The SMILES string of the molecule is C=CC1=C(C=C)C(=O)c2cc(CC(C)(C)OCCC(C)(C)O)ccc2C1=O. The zero-order valence-corrected chi connectivity index (χ0v) is 16.6. The van der Waals surface area contributed by atoms with Crippen LogP contribution in [0.4, 0.5) is 0 Å². The number of fused-ring (bicyclic) bond motifs is 1. The Labute approximate surface area is 161 Å². The zero-order valence-electron chi connectivity index (χ0n) is 16.6. The fraction of sp³-hybridized carbons (Fsp3) is 0.391. The molecule has 0 radical (unpaired) electrons. The van der Waals surface area contributed by atoms with Crippen molar-refractivity contribution in [3.63, 3.8) is 0 Å². The minimum atomic E-state index is -0.773. The molecule has 0 fully saturated rings. The number of ether oxygens (including phenoxy) is 1. The minimum absolute atomic E-state index is 0.207. The van der Waals surface area contributed by atoms with Crippen LogP contribution in [0.5, 0.6) is 0 Å². The summed E-state index contributed by atoms with van der Waals surface area (Å²) >= 11 is 0. The van der Waals surface area contributed by atoms with E-state index in [-0.39, 0.29) is 11.6 Å². The highest BCUT2D eigenvalue weighted by Gasteiger charge is 2.30. The predicted octanol–water partition coefficient (Wildman–Crippen LogP) is 4.23. The summed E-state index contributed by atoms with van der Waals surface area (Å²) in [5.41, 5.74) is 1.05. The topological polar surface area (TPSA) is 63.6 Å². The summed E-state index contributed by atoms with van der Waals surface area (Å²) in [5.74, 6) is -0.418. The molecule has 0 aromatic heterocycles. The van der Waals surface area contributed by atoms with E-state index in [0.29, 0.717) is 41.7 Å². The van der Waals surface area contributed by atoms with Gasteiger partial charge in [-0.25, -0.2) is 0 Å². The lowest BCUT2D eigenvalue weighted by Crippen LogP contribution is -2.31. The third-order valence-corrected chi connectivity index (χ3v) is 4.60. The van der Waals surface area contributed by atoms with Gasteiger partial charge in [-0.15, -0.1) is 0 Å². The van der Waals surface area contributed by atoms with Crippen LogP contribution < -0.4 is 0 Å². The second-order valence-electron chi connectivity index (χ2n) is 8.12. The maximum atomic E-state index is 12.8. The Bertz CT molecular complexity index is 819. The van der Waals surface area contributed by atoms with Crippen LogP contribution in [0.3, 0.4) is 0 Å². The van der Waals surface area contributed by atoms with E-state index in [4.69, 9.17) is 4.74 Å². The van der Waals surface area contributed by atoms with Gasteiger partial charge in [-0.3, -0.25) is 9.59 Å². The average Bonchev–Trinajstić information content (AvgIpc) is 2.55. The van der Waals surface area contributed by atoms with Gasteiger partial charge in [-0.1, -0.05) is 37.4 Å². The molecule has 1 aromatic rings. The third kappa shape index (κ3) is 4.90. The molecule has 1 N–H and O–H groups in total. The van der Waals surface area contributed by atoms with E-state index in [9.17, 15) is 14.7 Å². The van der Waals surface area contributed by atoms with Gasteiger partial charge >= 0.3 is 0 Å². The Morgan fingerprint density at radius 3 is 2.07 bits per heavy atom. The van der Waals surface area contributed by atoms with E-state index in [2.05, 4.69) is 13.2 Å². The summed E-state index contributed by atoms with van der Waals surface area (Å²) in [4.78, 5) is 25.4. The van der Waals surface area contributed by atoms with Crippen LogP contribution in [-0.2, 0) is 11.2 Å². The number of allylic oxidation sites excluding steroid dienone is 4. The lowest BCUT2D eigenvalue weighted by molar-refractivity contribution is -0.0453. The van der Waals surface area contributed by atoms with Crippen molar-refractivity contribution in [3.8, 4) is 0 Å². The molecular weight excluding hydrogens is 340 g/mol. The number of carbonyl (C=O) groups excluding carboxylic acids is 2. The molecule has 0 heterocycles. The van der Waals surface area contributed by atoms with Crippen molar-refractivity contribution < 1.29 is 19.4 Å². The average molecular weight is 368 g/mol. The molecule has 0 amide bonds. The van der Waals surface area contributed by atoms with Crippen LogP contribution in [-0.4, -0.2) is 34.5 Å². The molecule has 2 rings (SSSR count). The van der Waals surface area contributed by atoms with Crippen molar-refractivity contribution in [3.05, 3.63) is 71.3 Å². The molecule has 0 bridgehead atoms. The molecule has 144 valence electrons. The van der Waals surface area contributed by atoms with Crippen LogP contribution >= 0.6 is 0 Å². The minimum Gasteiger partial charge on any atom is -0.390 e. The molecule has 1 aliphatic rings. The summed E-state index contributed by atoms with van der Waals surface area (Å²) < 4.78 is 5.93. The van der Waals surface area contributed by atoms with E-state index in [0.717, 1.165) is 5.56 Å². The second kappa shape index (κ2) is 7.75. The Hall–Kier alpha value is -2.30. The Morgan fingerprint density at radius 2 is 1.56 bits per heavy atom. The first kappa shape index (κ1) is 21.0. The monoisotopic (exact) mass is 368 g/mol. The molecule has 0 spiro atoms. The molecule has 0 aliphatic heterocycles. The smallest absolute Gasteiger partial charge is 0.194 e. The van der Waals surface area contributed by atoms with Crippen molar-refractivity contribution in [1.82, 2.24) is 0 Å². The molecule has 0 saturated heterocycles. The molecule has 27 heavy (non-hydrogen) atoms. The van der Waals surface area contributed by atoms with E-state index >= 15 is 0 Å². The number of hydrogen-bond donors (Lipinski definition) is 1. The number of benzene rings is 1. The molecule has 1 aromatic carbocycles. The zero-order chi connectivity index (χ0) is 20.4. The Morgan fingerprint density at radius 1 is 1.00 bits per heavy atom. The van der Waals surface area contributed by atoms with Crippen LogP contribution in [0, 0.1) is 0 Å². The van der Waals surface area contributed by atoms with Crippen molar-refractivity contribution in [2.24, 2.45) is 0 Å². The van der Waals surface area contributed by atoms with Crippen molar-refractivity contribution in [2.45, 2.75) is 51.7 Å². The van der Waals surface area contributed by atoms with Gasteiger partial charge in [0.2, 0.25) is 0 Å². The standard InChI is InChI=1S/C23H28O4/c1-7-16-17(8-2)21(25)19-13-15(9-10-18(19)20(16)24)14-23(5,6)27-12-11-22(3,4)26/h7-10,13,26H,1-2,11-12,14H2,3-6H3. The normalized spacial score (nSPS) is 15.0. The van der Waals surface area contributed by atoms with Crippen molar-refractivity contribution in [2.75, 3.05) is 6.61 Å². The van der Waals surface area contributed by atoms with Gasteiger partial charge in [0.05, 0.1) is 17.8 Å².